The van der Waals surface area contributed by atoms with Crippen LogP contribution in [-0.2, 0) is 14.8 Å². The Labute approximate surface area is 186 Å². The van der Waals surface area contributed by atoms with Gasteiger partial charge in [-0.15, -0.1) is 0 Å². The van der Waals surface area contributed by atoms with Gasteiger partial charge in [-0.2, -0.15) is 4.31 Å². The molecule has 1 saturated heterocycles. The molecule has 7 nitrogen and oxygen atoms in total. The lowest BCUT2D eigenvalue weighted by Crippen LogP contribution is -2.35. The van der Waals surface area contributed by atoms with Crippen molar-refractivity contribution in [2.75, 3.05) is 31.6 Å². The van der Waals surface area contributed by atoms with Gasteiger partial charge in [0.25, 0.3) is 5.91 Å². The lowest BCUT2D eigenvalue weighted by Gasteiger charge is -2.26. The number of nitrogens with zero attached hydrogens (tertiary/aromatic N) is 1. The molecular formula is C21H24ClFN2O5S. The minimum Gasteiger partial charge on any atom is -0.492 e. The third-order valence-corrected chi connectivity index (χ3v) is 6.92. The lowest BCUT2D eigenvalue weighted by molar-refractivity contribution is -0.118. The summed E-state index contributed by atoms with van der Waals surface area (Å²) in [4.78, 5) is 12.5. The highest BCUT2D eigenvalue weighted by Crippen LogP contribution is 2.30. The van der Waals surface area contributed by atoms with Crippen molar-refractivity contribution < 1.29 is 27.1 Å². The van der Waals surface area contributed by atoms with Gasteiger partial charge in [0.15, 0.2) is 6.61 Å². The Kier molecular flexibility index (Phi) is 7.74. The van der Waals surface area contributed by atoms with Crippen LogP contribution in [-0.4, -0.2) is 44.9 Å². The van der Waals surface area contributed by atoms with Crippen molar-refractivity contribution >= 4 is 33.2 Å². The van der Waals surface area contributed by atoms with Crippen LogP contribution in [0.1, 0.15) is 26.2 Å². The van der Waals surface area contributed by atoms with Crippen LogP contribution < -0.4 is 14.8 Å². The number of rotatable bonds is 8. The monoisotopic (exact) mass is 470 g/mol. The number of nitrogens with one attached hydrogen (secondary N) is 1. The summed E-state index contributed by atoms with van der Waals surface area (Å²) in [6.07, 6.45) is 2.66. The van der Waals surface area contributed by atoms with E-state index in [1.807, 2.05) is 0 Å². The van der Waals surface area contributed by atoms with Crippen molar-refractivity contribution in [1.29, 1.82) is 0 Å². The summed E-state index contributed by atoms with van der Waals surface area (Å²) in [7, 11) is -3.67. The maximum Gasteiger partial charge on any atom is 0.262 e. The van der Waals surface area contributed by atoms with Gasteiger partial charge < -0.3 is 14.8 Å². The normalized spacial score (nSPS) is 14.8. The summed E-state index contributed by atoms with van der Waals surface area (Å²) < 4.78 is 51.5. The molecule has 0 radical (unpaired) electrons. The molecule has 2 aromatic rings. The zero-order valence-corrected chi connectivity index (χ0v) is 18.6. The van der Waals surface area contributed by atoms with Gasteiger partial charge in [0, 0.05) is 19.2 Å². The fourth-order valence-corrected chi connectivity index (χ4v) is 4.92. The number of benzene rings is 2. The molecule has 10 heteroatoms. The second-order valence-corrected chi connectivity index (χ2v) is 9.31. The first-order valence-corrected chi connectivity index (χ1v) is 11.8. The molecule has 0 bridgehead atoms. The summed E-state index contributed by atoms with van der Waals surface area (Å²) in [6.45, 7) is 2.70. The second-order valence-electron chi connectivity index (χ2n) is 6.97. The minimum absolute atomic E-state index is 0.0828. The number of carbonyl (C=O) groups is 1. The molecule has 1 heterocycles. The van der Waals surface area contributed by atoms with Crippen LogP contribution in [0.2, 0.25) is 5.02 Å². The van der Waals surface area contributed by atoms with Crippen LogP contribution in [0.5, 0.6) is 11.5 Å². The molecule has 1 amide bonds. The number of hydrogen-bond acceptors (Lipinski definition) is 5. The summed E-state index contributed by atoms with van der Waals surface area (Å²) in [5.41, 5.74) is 0.227. The van der Waals surface area contributed by atoms with E-state index in [-0.39, 0.29) is 28.0 Å². The molecule has 168 valence electrons. The first kappa shape index (κ1) is 23.3. The Morgan fingerprint density at radius 1 is 1.13 bits per heavy atom. The molecule has 3 rings (SSSR count). The SMILES string of the molecule is CCOc1ccc(S(=O)(=O)N2CCCCC2)cc1NC(=O)COc1ccc(F)c(Cl)c1. The highest BCUT2D eigenvalue weighted by molar-refractivity contribution is 7.89. The van der Waals surface area contributed by atoms with E-state index in [1.54, 1.807) is 6.92 Å². The Balaban J connectivity index is 1.75. The molecule has 31 heavy (non-hydrogen) atoms. The van der Waals surface area contributed by atoms with Gasteiger partial charge in [-0.05, 0) is 50.1 Å². The van der Waals surface area contributed by atoms with E-state index < -0.39 is 21.7 Å². The minimum atomic E-state index is -3.67. The van der Waals surface area contributed by atoms with E-state index in [0.29, 0.717) is 25.4 Å². The number of ether oxygens (including phenoxy) is 2. The molecule has 1 aliphatic heterocycles. The van der Waals surface area contributed by atoms with Gasteiger partial charge in [-0.25, -0.2) is 12.8 Å². The van der Waals surface area contributed by atoms with Crippen molar-refractivity contribution in [2.24, 2.45) is 0 Å². The maximum absolute atomic E-state index is 13.2. The zero-order valence-electron chi connectivity index (χ0n) is 17.1. The predicted octanol–water partition coefficient (Wildman–Crippen LogP) is 4.07. The van der Waals surface area contributed by atoms with Gasteiger partial charge in [0.2, 0.25) is 10.0 Å². The third kappa shape index (κ3) is 5.87. The average Bonchev–Trinajstić information content (AvgIpc) is 2.76. The molecule has 0 spiro atoms. The third-order valence-electron chi connectivity index (χ3n) is 4.74. The Bertz CT molecular complexity index is 1040. The summed E-state index contributed by atoms with van der Waals surface area (Å²) in [5.74, 6) is -0.549. The molecule has 0 aromatic heterocycles. The molecule has 1 fully saturated rings. The quantitative estimate of drug-likeness (QED) is 0.628. The molecule has 0 aliphatic carbocycles. The molecule has 0 atom stereocenters. The Morgan fingerprint density at radius 3 is 2.55 bits per heavy atom. The van der Waals surface area contributed by atoms with E-state index in [9.17, 15) is 17.6 Å². The van der Waals surface area contributed by atoms with Gasteiger partial charge in [-0.1, -0.05) is 18.0 Å². The summed E-state index contributed by atoms with van der Waals surface area (Å²) in [6, 6.07) is 8.14. The van der Waals surface area contributed by atoms with Gasteiger partial charge in [0.05, 0.1) is 22.2 Å². The van der Waals surface area contributed by atoms with Gasteiger partial charge in [-0.3, -0.25) is 4.79 Å². The van der Waals surface area contributed by atoms with Crippen molar-refractivity contribution in [2.45, 2.75) is 31.1 Å². The zero-order chi connectivity index (χ0) is 22.4. The number of carbonyl (C=O) groups excluding carboxylic acids is 1. The van der Waals surface area contributed by atoms with Crippen LogP contribution in [0, 0.1) is 5.82 Å². The van der Waals surface area contributed by atoms with Crippen molar-refractivity contribution in [3.63, 3.8) is 0 Å². The van der Waals surface area contributed by atoms with E-state index in [0.717, 1.165) is 25.3 Å². The van der Waals surface area contributed by atoms with Crippen LogP contribution >= 0.6 is 11.6 Å². The van der Waals surface area contributed by atoms with Gasteiger partial charge >= 0.3 is 0 Å². The number of hydrogen-bond donors (Lipinski definition) is 1. The second kappa shape index (κ2) is 10.3. The molecule has 0 saturated carbocycles. The number of halogens is 2. The number of sulfonamides is 1. The highest BCUT2D eigenvalue weighted by atomic mass is 35.5. The van der Waals surface area contributed by atoms with Crippen LogP contribution in [0.4, 0.5) is 10.1 Å². The molecule has 2 aromatic carbocycles. The lowest BCUT2D eigenvalue weighted by atomic mass is 10.2. The topological polar surface area (TPSA) is 84.9 Å². The first-order valence-electron chi connectivity index (χ1n) is 9.96. The van der Waals surface area contributed by atoms with E-state index in [4.69, 9.17) is 21.1 Å². The van der Waals surface area contributed by atoms with Crippen LogP contribution in [0.3, 0.4) is 0 Å². The predicted molar refractivity (Wildman–Crippen MR) is 116 cm³/mol. The molecule has 1 aliphatic rings. The van der Waals surface area contributed by atoms with Crippen molar-refractivity contribution in [1.82, 2.24) is 4.31 Å². The van der Waals surface area contributed by atoms with Crippen LogP contribution in [0.15, 0.2) is 41.3 Å². The van der Waals surface area contributed by atoms with E-state index in [1.165, 1.54) is 34.6 Å². The van der Waals surface area contributed by atoms with E-state index >= 15 is 0 Å². The average molecular weight is 471 g/mol. The summed E-state index contributed by atoms with van der Waals surface area (Å²) in [5, 5.41) is 2.51. The molecule has 0 unspecified atom stereocenters. The Hall–Kier alpha value is -2.36. The first-order chi connectivity index (χ1) is 14.8. The largest absolute Gasteiger partial charge is 0.492 e. The highest BCUT2D eigenvalue weighted by Gasteiger charge is 2.27. The standard InChI is InChI=1S/C21H24ClFN2O5S/c1-2-29-20-9-7-16(31(27,28)25-10-4-3-5-11-25)13-19(20)24-21(26)14-30-15-6-8-18(23)17(22)12-15/h6-9,12-13H,2-5,10-11,14H2,1H3,(H,24,26). The van der Waals surface area contributed by atoms with Crippen molar-refractivity contribution in [3.05, 3.63) is 47.2 Å². The van der Waals surface area contributed by atoms with E-state index in [2.05, 4.69) is 5.32 Å². The Morgan fingerprint density at radius 2 is 1.87 bits per heavy atom. The van der Waals surface area contributed by atoms with Crippen molar-refractivity contribution in [3.8, 4) is 11.5 Å². The molecular weight excluding hydrogens is 447 g/mol. The number of piperidine rings is 1. The molecule has 1 N–H and O–H groups in total. The fourth-order valence-electron chi connectivity index (χ4n) is 3.20. The fraction of sp³-hybridized carbons (Fsp3) is 0.381. The smallest absolute Gasteiger partial charge is 0.262 e. The summed E-state index contributed by atoms with van der Waals surface area (Å²) >= 11 is 5.71. The van der Waals surface area contributed by atoms with Crippen LogP contribution in [0.25, 0.3) is 0 Å². The number of anilines is 1. The maximum atomic E-state index is 13.2. The van der Waals surface area contributed by atoms with Gasteiger partial charge in [0.1, 0.15) is 17.3 Å². The number of amides is 1.